The number of piperidine rings is 1. The van der Waals surface area contributed by atoms with Gasteiger partial charge in [0, 0.05) is 25.6 Å². The van der Waals surface area contributed by atoms with Crippen LogP contribution in [0.4, 0.5) is 18.0 Å². The normalized spacial score (nSPS) is 14.8. The highest BCUT2D eigenvalue weighted by molar-refractivity contribution is 5.92. The number of hydrogen-bond donors (Lipinski definition) is 1. The summed E-state index contributed by atoms with van der Waals surface area (Å²) in [6.07, 6.45) is -5.01. The molecular formula is C19H23F3N2O6. The average molecular weight is 432 g/mol. The number of carbonyl (C=O) groups is 3. The van der Waals surface area contributed by atoms with Gasteiger partial charge in [-0.05, 0) is 30.5 Å². The second kappa shape index (κ2) is 10.2. The lowest BCUT2D eigenvalue weighted by Gasteiger charge is -2.30. The zero-order chi connectivity index (χ0) is 22.3. The van der Waals surface area contributed by atoms with Crippen molar-refractivity contribution in [3.05, 3.63) is 29.3 Å². The van der Waals surface area contributed by atoms with Crippen LogP contribution in [0.15, 0.2) is 18.2 Å². The lowest BCUT2D eigenvalue weighted by atomic mass is 9.96. The fourth-order valence-electron chi connectivity index (χ4n) is 3.03. The van der Waals surface area contributed by atoms with Crippen molar-refractivity contribution in [2.75, 3.05) is 33.9 Å². The fourth-order valence-corrected chi connectivity index (χ4v) is 3.03. The van der Waals surface area contributed by atoms with E-state index in [1.165, 1.54) is 14.2 Å². The molecule has 1 N–H and O–H groups in total. The van der Waals surface area contributed by atoms with Crippen molar-refractivity contribution in [3.8, 4) is 5.75 Å². The third kappa shape index (κ3) is 6.53. The van der Waals surface area contributed by atoms with Crippen molar-refractivity contribution in [1.82, 2.24) is 10.2 Å². The number of methoxy groups -OCH3 is 2. The zero-order valence-corrected chi connectivity index (χ0v) is 16.6. The first-order valence-electron chi connectivity index (χ1n) is 9.16. The number of ether oxygens (including phenoxy) is 3. The predicted octanol–water partition coefficient (Wildman–Crippen LogP) is 2.51. The number of rotatable bonds is 6. The third-order valence-corrected chi connectivity index (χ3v) is 4.62. The highest BCUT2D eigenvalue weighted by Crippen LogP contribution is 2.22. The summed E-state index contributed by atoms with van der Waals surface area (Å²) in [5, 5.41) is 2.76. The van der Waals surface area contributed by atoms with Gasteiger partial charge in [-0.3, -0.25) is 4.79 Å². The van der Waals surface area contributed by atoms with Gasteiger partial charge in [-0.1, -0.05) is 6.07 Å². The number of nitrogens with one attached hydrogen (secondary N) is 1. The summed E-state index contributed by atoms with van der Waals surface area (Å²) in [4.78, 5) is 37.0. The Balaban J connectivity index is 1.84. The predicted molar refractivity (Wildman–Crippen MR) is 97.9 cm³/mol. The van der Waals surface area contributed by atoms with E-state index in [0.717, 1.165) is 4.90 Å². The minimum Gasteiger partial charge on any atom is -0.496 e. The molecule has 1 saturated heterocycles. The van der Waals surface area contributed by atoms with Gasteiger partial charge in [0.05, 0.1) is 14.2 Å². The molecule has 1 aliphatic rings. The smallest absolute Gasteiger partial charge is 0.422 e. The Morgan fingerprint density at radius 1 is 1.17 bits per heavy atom. The first-order valence-corrected chi connectivity index (χ1v) is 9.16. The molecule has 1 aromatic carbocycles. The second-order valence-electron chi connectivity index (χ2n) is 6.68. The minimum absolute atomic E-state index is 0.129. The van der Waals surface area contributed by atoms with Crippen molar-refractivity contribution in [2.45, 2.75) is 25.6 Å². The van der Waals surface area contributed by atoms with Crippen LogP contribution in [0.1, 0.15) is 28.8 Å². The van der Waals surface area contributed by atoms with E-state index in [1.54, 1.807) is 18.2 Å². The van der Waals surface area contributed by atoms with E-state index in [4.69, 9.17) is 9.47 Å². The van der Waals surface area contributed by atoms with Crippen LogP contribution in [-0.4, -0.2) is 63.0 Å². The Hall–Kier alpha value is -2.98. The number of esters is 1. The molecule has 0 aromatic heterocycles. The summed E-state index contributed by atoms with van der Waals surface area (Å²) >= 11 is 0. The number of alkyl halides is 3. The molecule has 1 aromatic rings. The van der Waals surface area contributed by atoms with E-state index in [-0.39, 0.29) is 37.0 Å². The Morgan fingerprint density at radius 3 is 2.40 bits per heavy atom. The van der Waals surface area contributed by atoms with Crippen molar-refractivity contribution in [1.29, 1.82) is 0 Å². The molecule has 1 fully saturated rings. The van der Waals surface area contributed by atoms with Crippen LogP contribution in [0, 0.1) is 5.92 Å². The molecule has 8 nitrogen and oxygen atoms in total. The maximum Gasteiger partial charge on any atom is 0.422 e. The van der Waals surface area contributed by atoms with E-state index >= 15 is 0 Å². The summed E-state index contributed by atoms with van der Waals surface area (Å²) < 4.78 is 50.4. The standard InChI is InChI=1S/C19H23F3N2O6/c1-28-15-4-3-12(9-14(15)17(26)29-2)10-23-16(25)13-5-7-24(8-6-13)18(27)30-11-19(20,21)22/h3-4,9,13H,5-8,10-11H2,1-2H3,(H,23,25). The molecule has 30 heavy (non-hydrogen) atoms. The molecule has 166 valence electrons. The van der Waals surface area contributed by atoms with Crippen LogP contribution >= 0.6 is 0 Å². The Bertz CT molecular complexity index is 776. The molecule has 1 aliphatic heterocycles. The van der Waals surface area contributed by atoms with Gasteiger partial charge in [-0.25, -0.2) is 9.59 Å². The number of likely N-dealkylation sites (tertiary alicyclic amines) is 1. The summed E-state index contributed by atoms with van der Waals surface area (Å²) in [5.41, 5.74) is 0.898. The largest absolute Gasteiger partial charge is 0.496 e. The molecule has 11 heteroatoms. The number of nitrogens with zero attached hydrogens (tertiary/aromatic N) is 1. The molecule has 0 saturated carbocycles. The Kier molecular flexibility index (Phi) is 7.90. The molecule has 2 rings (SSSR count). The molecule has 0 aliphatic carbocycles. The van der Waals surface area contributed by atoms with Crippen LogP contribution in [0.5, 0.6) is 5.75 Å². The second-order valence-corrected chi connectivity index (χ2v) is 6.68. The number of carbonyl (C=O) groups excluding carboxylic acids is 3. The average Bonchev–Trinajstić information content (AvgIpc) is 2.74. The lowest BCUT2D eigenvalue weighted by Crippen LogP contribution is -2.43. The van der Waals surface area contributed by atoms with Gasteiger partial charge in [-0.15, -0.1) is 0 Å². The van der Waals surface area contributed by atoms with Gasteiger partial charge < -0.3 is 24.4 Å². The van der Waals surface area contributed by atoms with Crippen molar-refractivity contribution in [3.63, 3.8) is 0 Å². The van der Waals surface area contributed by atoms with Crippen molar-refractivity contribution >= 4 is 18.0 Å². The molecule has 2 amide bonds. The van der Waals surface area contributed by atoms with Gasteiger partial charge in [0.15, 0.2) is 6.61 Å². The number of hydrogen-bond acceptors (Lipinski definition) is 6. The third-order valence-electron chi connectivity index (χ3n) is 4.62. The molecule has 0 spiro atoms. The highest BCUT2D eigenvalue weighted by atomic mass is 19.4. The van der Waals surface area contributed by atoms with Gasteiger partial charge in [0.1, 0.15) is 11.3 Å². The summed E-state index contributed by atoms with van der Waals surface area (Å²) in [6.45, 7) is -1.21. The molecule has 0 bridgehead atoms. The molecule has 0 atom stereocenters. The van der Waals surface area contributed by atoms with E-state index in [0.29, 0.717) is 24.2 Å². The van der Waals surface area contributed by atoms with Crippen LogP contribution in [0.2, 0.25) is 0 Å². The Labute approximate surface area is 171 Å². The quantitative estimate of drug-likeness (QED) is 0.695. The van der Waals surface area contributed by atoms with Gasteiger partial charge >= 0.3 is 18.2 Å². The van der Waals surface area contributed by atoms with E-state index in [1.807, 2.05) is 0 Å². The van der Waals surface area contributed by atoms with Gasteiger partial charge in [-0.2, -0.15) is 13.2 Å². The first kappa shape index (κ1) is 23.3. The summed E-state index contributed by atoms with van der Waals surface area (Å²) in [5.74, 6) is -0.838. The van der Waals surface area contributed by atoms with Crippen LogP contribution in [0.3, 0.4) is 0 Å². The van der Waals surface area contributed by atoms with Crippen LogP contribution < -0.4 is 10.1 Å². The van der Waals surface area contributed by atoms with Gasteiger partial charge in [0.25, 0.3) is 0 Å². The topological polar surface area (TPSA) is 94.2 Å². The summed E-state index contributed by atoms with van der Waals surface area (Å²) in [7, 11) is 2.68. The van der Waals surface area contributed by atoms with Crippen LogP contribution in [0.25, 0.3) is 0 Å². The number of amides is 2. The highest BCUT2D eigenvalue weighted by Gasteiger charge is 2.32. The maximum atomic E-state index is 12.4. The summed E-state index contributed by atoms with van der Waals surface area (Å²) in [6, 6.07) is 4.85. The molecule has 0 unspecified atom stereocenters. The SMILES string of the molecule is COC(=O)c1cc(CNC(=O)C2CCN(C(=O)OCC(F)(F)F)CC2)ccc1OC. The zero-order valence-electron chi connectivity index (χ0n) is 16.6. The maximum absolute atomic E-state index is 12.4. The Morgan fingerprint density at radius 2 is 1.83 bits per heavy atom. The van der Waals surface area contributed by atoms with Crippen LogP contribution in [-0.2, 0) is 20.8 Å². The van der Waals surface area contributed by atoms with E-state index < -0.39 is 24.8 Å². The minimum atomic E-state index is -4.58. The van der Waals surface area contributed by atoms with E-state index in [2.05, 4.69) is 10.1 Å². The molecular weight excluding hydrogens is 409 g/mol. The molecule has 0 radical (unpaired) electrons. The van der Waals surface area contributed by atoms with E-state index in [9.17, 15) is 27.6 Å². The van der Waals surface area contributed by atoms with Gasteiger partial charge in [0.2, 0.25) is 5.91 Å². The number of halogens is 3. The fraction of sp³-hybridized carbons (Fsp3) is 0.526. The number of benzene rings is 1. The molecule has 1 heterocycles. The van der Waals surface area contributed by atoms with Crippen molar-refractivity contribution < 1.29 is 41.8 Å². The monoisotopic (exact) mass is 432 g/mol. The first-order chi connectivity index (χ1) is 14.1. The van der Waals surface area contributed by atoms with Crippen molar-refractivity contribution in [2.24, 2.45) is 5.92 Å². The lowest BCUT2D eigenvalue weighted by molar-refractivity contribution is -0.162.